The van der Waals surface area contributed by atoms with Crippen molar-refractivity contribution in [3.8, 4) is 23.0 Å². The number of carbonyl (C=O) groups is 2. The first-order chi connectivity index (χ1) is 21.0. The maximum absolute atomic E-state index is 12.3. The van der Waals surface area contributed by atoms with Crippen LogP contribution in [0.25, 0.3) is 10.9 Å². The van der Waals surface area contributed by atoms with Crippen LogP contribution in [0.2, 0.25) is 0 Å². The molecule has 224 valence electrons. The summed E-state index contributed by atoms with van der Waals surface area (Å²) in [6.07, 6.45) is 6.74. The van der Waals surface area contributed by atoms with E-state index < -0.39 is 6.04 Å². The van der Waals surface area contributed by atoms with Crippen LogP contribution in [0.4, 0.5) is 16.2 Å². The molecule has 0 saturated heterocycles. The zero-order valence-electron chi connectivity index (χ0n) is 24.1. The van der Waals surface area contributed by atoms with Crippen LogP contribution in [0.5, 0.6) is 23.0 Å². The van der Waals surface area contributed by atoms with E-state index in [9.17, 15) is 9.59 Å². The molecule has 1 atom stereocenters. The fraction of sp³-hybridized carbons (Fsp3) is 0.303. The summed E-state index contributed by atoms with van der Waals surface area (Å²) in [5.74, 6) is 1.89. The molecule has 1 aliphatic carbocycles. The number of amides is 2. The molecular weight excluding hydrogens is 548 g/mol. The van der Waals surface area contributed by atoms with E-state index in [4.69, 9.17) is 24.7 Å². The summed E-state index contributed by atoms with van der Waals surface area (Å²) in [5.41, 5.74) is 8.03. The quantitative estimate of drug-likeness (QED) is 0.124. The molecule has 10 heteroatoms. The Morgan fingerprint density at radius 2 is 1.65 bits per heavy atom. The first kappa shape index (κ1) is 29.7. The summed E-state index contributed by atoms with van der Waals surface area (Å²) >= 11 is 0. The third kappa shape index (κ3) is 8.14. The van der Waals surface area contributed by atoms with Gasteiger partial charge in [0.2, 0.25) is 0 Å². The lowest BCUT2D eigenvalue weighted by Crippen LogP contribution is -2.34. The smallest absolute Gasteiger partial charge is 0.323 e. The van der Waals surface area contributed by atoms with Gasteiger partial charge in [-0.3, -0.25) is 9.78 Å². The molecule has 1 fully saturated rings. The molecule has 4 aromatic rings. The van der Waals surface area contributed by atoms with Crippen molar-refractivity contribution in [3.05, 3.63) is 79.0 Å². The van der Waals surface area contributed by atoms with Gasteiger partial charge in [-0.2, -0.15) is 0 Å². The number of nitrogens with zero attached hydrogens (tertiary/aromatic N) is 1. The predicted molar refractivity (Wildman–Crippen MR) is 165 cm³/mol. The predicted octanol–water partition coefficient (Wildman–Crippen LogP) is 6.65. The van der Waals surface area contributed by atoms with Gasteiger partial charge in [0.05, 0.1) is 19.2 Å². The molecule has 3 aromatic carbocycles. The summed E-state index contributed by atoms with van der Waals surface area (Å²) in [7, 11) is 1.57. The molecule has 5 rings (SSSR count). The Bertz CT molecular complexity index is 1520. The zero-order valence-corrected chi connectivity index (χ0v) is 24.1. The van der Waals surface area contributed by atoms with Crippen LogP contribution in [0, 0.1) is 0 Å². The highest BCUT2D eigenvalue weighted by Crippen LogP contribution is 2.37. The maximum atomic E-state index is 12.3. The lowest BCUT2D eigenvalue weighted by atomic mass is 10.1. The van der Waals surface area contributed by atoms with Crippen LogP contribution in [-0.4, -0.2) is 42.8 Å². The molecule has 0 aliphatic heterocycles. The maximum Gasteiger partial charge on any atom is 0.323 e. The number of methoxy groups -OCH3 is 1. The van der Waals surface area contributed by atoms with Crippen LogP contribution in [-0.2, 0) is 9.53 Å². The average Bonchev–Trinajstić information content (AvgIpc) is 3.53. The molecule has 1 aliphatic rings. The monoisotopic (exact) mass is 584 g/mol. The number of aromatic nitrogens is 1. The van der Waals surface area contributed by atoms with Crippen molar-refractivity contribution in [3.63, 3.8) is 0 Å². The minimum atomic E-state index is -0.666. The lowest BCUT2D eigenvalue weighted by molar-refractivity contribution is -0.150. The lowest BCUT2D eigenvalue weighted by Gasteiger charge is -2.16. The average molecular weight is 585 g/mol. The Balaban J connectivity index is 1.17. The molecule has 1 heterocycles. The number of urea groups is 1. The third-order valence-corrected chi connectivity index (χ3v) is 7.16. The Morgan fingerprint density at radius 3 is 2.37 bits per heavy atom. The number of rotatable bonds is 12. The van der Waals surface area contributed by atoms with Crippen molar-refractivity contribution >= 4 is 34.3 Å². The van der Waals surface area contributed by atoms with Crippen LogP contribution < -0.4 is 30.6 Å². The molecule has 0 unspecified atom stereocenters. The fourth-order valence-electron chi connectivity index (χ4n) is 4.90. The van der Waals surface area contributed by atoms with Crippen LogP contribution in [0.15, 0.2) is 79.0 Å². The van der Waals surface area contributed by atoms with E-state index in [2.05, 4.69) is 15.6 Å². The number of para-hydroxylation sites is 1. The Morgan fingerprint density at radius 1 is 0.930 bits per heavy atom. The number of nitrogens with two attached hydrogens (primary N) is 1. The van der Waals surface area contributed by atoms with Gasteiger partial charge in [0.1, 0.15) is 23.6 Å². The number of hydrogen-bond donors (Lipinski definition) is 3. The minimum Gasteiger partial charge on any atom is -0.493 e. The minimum absolute atomic E-state index is 0.00721. The number of pyridine rings is 1. The Labute approximate surface area is 250 Å². The highest BCUT2D eigenvalue weighted by molar-refractivity contribution is 5.99. The largest absolute Gasteiger partial charge is 0.493 e. The number of fused-ring (bicyclic) bond motifs is 1. The van der Waals surface area contributed by atoms with Gasteiger partial charge < -0.3 is 35.3 Å². The molecule has 0 radical (unpaired) electrons. The van der Waals surface area contributed by atoms with E-state index in [0.717, 1.165) is 31.1 Å². The van der Waals surface area contributed by atoms with Gasteiger partial charge >= 0.3 is 12.0 Å². The number of esters is 1. The summed E-state index contributed by atoms with van der Waals surface area (Å²) in [4.78, 5) is 29.0. The molecule has 1 aromatic heterocycles. The summed E-state index contributed by atoms with van der Waals surface area (Å²) in [5, 5.41) is 6.33. The molecule has 4 N–H and O–H groups in total. The van der Waals surface area contributed by atoms with Crippen molar-refractivity contribution in [2.75, 3.05) is 24.4 Å². The van der Waals surface area contributed by atoms with E-state index in [-0.39, 0.29) is 18.1 Å². The molecule has 1 saturated carbocycles. The van der Waals surface area contributed by atoms with E-state index in [1.54, 1.807) is 49.7 Å². The van der Waals surface area contributed by atoms with Crippen molar-refractivity contribution < 1.29 is 28.5 Å². The topological polar surface area (TPSA) is 134 Å². The molecule has 2 amide bonds. The summed E-state index contributed by atoms with van der Waals surface area (Å²) in [6.45, 7) is 0.353. The normalized spacial score (nSPS) is 13.7. The Hall–Kier alpha value is -4.83. The van der Waals surface area contributed by atoms with Gasteiger partial charge in [-0.25, -0.2) is 4.79 Å². The van der Waals surface area contributed by atoms with Gasteiger partial charge in [-0.05, 0) is 87.1 Å². The molecular formula is C33H36N4O6. The van der Waals surface area contributed by atoms with Crippen molar-refractivity contribution in [1.29, 1.82) is 0 Å². The van der Waals surface area contributed by atoms with Gasteiger partial charge in [-0.15, -0.1) is 0 Å². The molecule has 0 spiro atoms. The second-order valence-electron chi connectivity index (χ2n) is 10.3. The SMILES string of the molecule is COc1cc2c(Oc3ccc(NC(=O)Nc4ccccc4)cc3)ccnc2cc1OCCC[C@H](N)C(=O)OC1CCCC1. The van der Waals surface area contributed by atoms with E-state index in [1.165, 1.54) is 0 Å². The number of ether oxygens (including phenoxy) is 4. The van der Waals surface area contributed by atoms with Crippen LogP contribution >= 0.6 is 0 Å². The second-order valence-corrected chi connectivity index (χ2v) is 10.3. The van der Waals surface area contributed by atoms with Gasteiger partial charge in [0.25, 0.3) is 0 Å². The van der Waals surface area contributed by atoms with E-state index in [1.807, 2.05) is 36.4 Å². The van der Waals surface area contributed by atoms with Crippen molar-refractivity contribution in [2.45, 2.75) is 50.7 Å². The highest BCUT2D eigenvalue weighted by atomic mass is 16.5. The Kier molecular flexibility index (Phi) is 9.91. The van der Waals surface area contributed by atoms with Gasteiger partial charge in [0.15, 0.2) is 11.5 Å². The number of anilines is 2. The second kappa shape index (κ2) is 14.4. The molecule has 0 bridgehead atoms. The van der Waals surface area contributed by atoms with Crippen molar-refractivity contribution in [1.82, 2.24) is 4.98 Å². The standard InChI is InChI=1S/C33H36N4O6/c1-40-30-20-26-28(21-31(30)41-19-7-12-27(34)32(38)43-24-10-5-6-11-24)35-18-17-29(26)42-25-15-13-23(14-16-25)37-33(39)36-22-8-3-2-4-9-22/h2-4,8-9,13-18,20-21,24,27H,5-7,10-12,19,34H2,1H3,(H2,36,37,39)/t27-/m0/s1. The number of hydrogen-bond acceptors (Lipinski definition) is 8. The van der Waals surface area contributed by atoms with Gasteiger partial charge in [0, 0.05) is 29.0 Å². The first-order valence-corrected chi connectivity index (χ1v) is 14.4. The number of benzene rings is 3. The third-order valence-electron chi connectivity index (χ3n) is 7.16. The fourth-order valence-corrected chi connectivity index (χ4v) is 4.90. The van der Waals surface area contributed by atoms with E-state index >= 15 is 0 Å². The highest BCUT2D eigenvalue weighted by Gasteiger charge is 2.23. The van der Waals surface area contributed by atoms with Gasteiger partial charge in [-0.1, -0.05) is 18.2 Å². The van der Waals surface area contributed by atoms with Crippen molar-refractivity contribution in [2.24, 2.45) is 5.73 Å². The first-order valence-electron chi connectivity index (χ1n) is 14.4. The summed E-state index contributed by atoms with van der Waals surface area (Å²) < 4.78 is 23.2. The molecule has 43 heavy (non-hydrogen) atoms. The summed E-state index contributed by atoms with van der Waals surface area (Å²) in [6, 6.07) is 20.7. The number of carbonyl (C=O) groups excluding carboxylic acids is 2. The van der Waals surface area contributed by atoms with Crippen LogP contribution in [0.1, 0.15) is 38.5 Å². The van der Waals surface area contributed by atoms with Crippen LogP contribution in [0.3, 0.4) is 0 Å². The zero-order chi connectivity index (χ0) is 30.0. The number of nitrogens with one attached hydrogen (secondary N) is 2. The van der Waals surface area contributed by atoms with E-state index in [0.29, 0.717) is 59.3 Å². The molecule has 10 nitrogen and oxygen atoms in total.